The van der Waals surface area contributed by atoms with Crippen molar-refractivity contribution in [3.05, 3.63) is 59.1 Å². The van der Waals surface area contributed by atoms with Gasteiger partial charge in [-0.2, -0.15) is 0 Å². The van der Waals surface area contributed by atoms with Crippen LogP contribution in [0.15, 0.2) is 64.2 Å². The van der Waals surface area contributed by atoms with Crippen LogP contribution in [0.4, 0.5) is 5.69 Å². The van der Waals surface area contributed by atoms with Crippen molar-refractivity contribution in [3.8, 4) is 11.4 Å². The van der Waals surface area contributed by atoms with Crippen molar-refractivity contribution >= 4 is 39.3 Å². The number of hydrogen-bond donors (Lipinski definition) is 1. The minimum Gasteiger partial charge on any atom is -0.335 e. The molecule has 1 amide bonds. The van der Waals surface area contributed by atoms with Crippen LogP contribution in [0.1, 0.15) is 6.92 Å². The van der Waals surface area contributed by atoms with Crippen LogP contribution < -0.4 is 10.7 Å². The van der Waals surface area contributed by atoms with Gasteiger partial charge in [0.2, 0.25) is 11.1 Å². The average Bonchev–Trinajstić information content (AvgIpc) is 3.02. The summed E-state index contributed by atoms with van der Waals surface area (Å²) in [5.74, 6) is 6.67. The second-order valence-electron chi connectivity index (χ2n) is 5.65. The van der Waals surface area contributed by atoms with Crippen LogP contribution in [0.2, 0.25) is 0 Å². The Morgan fingerprint density at radius 3 is 2.50 bits per heavy atom. The van der Waals surface area contributed by atoms with E-state index in [2.05, 4.69) is 26.1 Å². The molecule has 3 aromatic rings. The molecule has 0 fully saturated rings. The summed E-state index contributed by atoms with van der Waals surface area (Å²) in [6.07, 6.45) is 0. The average molecular weight is 432 g/mol. The van der Waals surface area contributed by atoms with Gasteiger partial charge in [-0.1, -0.05) is 58.0 Å². The lowest BCUT2D eigenvalue weighted by atomic mass is 10.2. The Kier molecular flexibility index (Phi) is 5.63. The molecule has 0 aliphatic carbocycles. The molecule has 134 valence electrons. The number of hydrogen-bond acceptors (Lipinski definition) is 5. The molecular formula is C18H18BrN5OS. The Morgan fingerprint density at radius 2 is 1.81 bits per heavy atom. The van der Waals surface area contributed by atoms with Crippen molar-refractivity contribution in [2.45, 2.75) is 17.3 Å². The third-order valence-electron chi connectivity index (χ3n) is 3.88. The molecule has 0 spiro atoms. The molecule has 1 heterocycles. The van der Waals surface area contributed by atoms with Gasteiger partial charge in [0.15, 0.2) is 5.82 Å². The molecule has 6 nitrogen and oxygen atoms in total. The highest BCUT2D eigenvalue weighted by molar-refractivity contribution is 9.10. The zero-order valence-corrected chi connectivity index (χ0v) is 16.7. The number of nitrogens with two attached hydrogens (primary N) is 1. The molecule has 0 saturated carbocycles. The Balaban J connectivity index is 1.77. The van der Waals surface area contributed by atoms with E-state index >= 15 is 0 Å². The molecule has 0 bridgehead atoms. The van der Waals surface area contributed by atoms with Gasteiger partial charge in [0, 0.05) is 22.8 Å². The summed E-state index contributed by atoms with van der Waals surface area (Å²) in [6, 6.07) is 17.1. The fourth-order valence-corrected chi connectivity index (χ4v) is 3.77. The largest absolute Gasteiger partial charge is 0.335 e. The van der Waals surface area contributed by atoms with Gasteiger partial charge in [0.05, 0.1) is 5.25 Å². The van der Waals surface area contributed by atoms with Gasteiger partial charge >= 0.3 is 0 Å². The summed E-state index contributed by atoms with van der Waals surface area (Å²) in [5, 5.41) is 8.44. The fraction of sp³-hybridized carbons (Fsp3) is 0.167. The van der Waals surface area contributed by atoms with Crippen molar-refractivity contribution in [3.63, 3.8) is 0 Å². The van der Waals surface area contributed by atoms with E-state index in [0.29, 0.717) is 11.0 Å². The lowest BCUT2D eigenvalue weighted by Crippen LogP contribution is -2.33. The number of benzene rings is 2. The predicted molar refractivity (Wildman–Crippen MR) is 108 cm³/mol. The third kappa shape index (κ3) is 3.76. The number of amides is 1. The molecule has 1 aromatic heterocycles. The maximum atomic E-state index is 12.7. The zero-order valence-electron chi connectivity index (χ0n) is 14.3. The van der Waals surface area contributed by atoms with Crippen molar-refractivity contribution in [1.29, 1.82) is 0 Å². The summed E-state index contributed by atoms with van der Waals surface area (Å²) in [4.78, 5) is 14.3. The van der Waals surface area contributed by atoms with Crippen molar-refractivity contribution < 1.29 is 4.79 Å². The highest BCUT2D eigenvalue weighted by Crippen LogP contribution is 2.30. The van der Waals surface area contributed by atoms with Crippen molar-refractivity contribution in [2.75, 3.05) is 17.8 Å². The molecule has 1 unspecified atom stereocenters. The monoisotopic (exact) mass is 431 g/mol. The molecule has 1 atom stereocenters. The second kappa shape index (κ2) is 7.92. The van der Waals surface area contributed by atoms with E-state index < -0.39 is 0 Å². The Morgan fingerprint density at radius 1 is 1.15 bits per heavy atom. The lowest BCUT2D eigenvalue weighted by molar-refractivity contribution is -0.117. The molecule has 0 radical (unpaired) electrons. The topological polar surface area (TPSA) is 77.0 Å². The van der Waals surface area contributed by atoms with Gasteiger partial charge < -0.3 is 10.7 Å². The molecular weight excluding hydrogens is 414 g/mol. The SMILES string of the molecule is CC(Sc1nnc(-c2ccccc2Br)n1N)C(=O)N(C)c1ccccc1. The standard InChI is InChI=1S/C18H18BrN5OS/c1-12(17(25)23(2)13-8-4-3-5-9-13)26-18-22-21-16(24(18)20)14-10-6-7-11-15(14)19/h3-12H,20H2,1-2H3. The van der Waals surface area contributed by atoms with Crippen LogP contribution in [0.5, 0.6) is 0 Å². The Hall–Kier alpha value is -2.32. The van der Waals surface area contributed by atoms with Crippen molar-refractivity contribution in [1.82, 2.24) is 14.9 Å². The minimum atomic E-state index is -0.362. The van der Waals surface area contributed by atoms with Crippen LogP contribution in [0.25, 0.3) is 11.4 Å². The number of halogens is 1. The normalized spacial score (nSPS) is 12.0. The Bertz CT molecular complexity index is 915. The number of thioether (sulfide) groups is 1. The molecule has 2 aromatic carbocycles. The number of aromatic nitrogens is 3. The first kappa shape index (κ1) is 18.5. The van der Waals surface area contributed by atoms with Gasteiger partial charge in [0.1, 0.15) is 0 Å². The number of para-hydroxylation sites is 1. The maximum absolute atomic E-state index is 12.7. The van der Waals surface area contributed by atoms with Gasteiger partial charge in [-0.15, -0.1) is 10.2 Å². The number of carbonyl (C=O) groups excluding carboxylic acids is 1. The number of nitrogens with zero attached hydrogens (tertiary/aromatic N) is 4. The van der Waals surface area contributed by atoms with Crippen LogP contribution in [-0.4, -0.2) is 33.1 Å². The summed E-state index contributed by atoms with van der Waals surface area (Å²) >= 11 is 4.77. The van der Waals surface area contributed by atoms with Gasteiger partial charge in [-0.05, 0) is 31.2 Å². The summed E-state index contributed by atoms with van der Waals surface area (Å²) in [6.45, 7) is 1.83. The zero-order chi connectivity index (χ0) is 18.7. The highest BCUT2D eigenvalue weighted by atomic mass is 79.9. The summed E-state index contributed by atoms with van der Waals surface area (Å²) in [5.41, 5.74) is 1.68. The van der Waals surface area contributed by atoms with E-state index in [1.165, 1.54) is 16.4 Å². The van der Waals surface area contributed by atoms with E-state index in [1.807, 2.05) is 61.5 Å². The minimum absolute atomic E-state index is 0.0355. The van der Waals surface area contributed by atoms with E-state index in [-0.39, 0.29) is 11.2 Å². The molecule has 0 saturated heterocycles. The quantitative estimate of drug-likeness (QED) is 0.493. The maximum Gasteiger partial charge on any atom is 0.240 e. The first-order valence-electron chi connectivity index (χ1n) is 7.93. The van der Waals surface area contributed by atoms with Crippen LogP contribution in [0, 0.1) is 0 Å². The molecule has 8 heteroatoms. The van der Waals surface area contributed by atoms with E-state index in [1.54, 1.807) is 11.9 Å². The molecule has 2 N–H and O–H groups in total. The summed E-state index contributed by atoms with van der Waals surface area (Å²) in [7, 11) is 1.76. The fourth-order valence-electron chi connectivity index (χ4n) is 2.44. The number of rotatable bonds is 5. The lowest BCUT2D eigenvalue weighted by Gasteiger charge is -2.20. The van der Waals surface area contributed by atoms with E-state index in [0.717, 1.165) is 15.7 Å². The molecule has 0 aliphatic rings. The predicted octanol–water partition coefficient (Wildman–Crippen LogP) is 3.57. The van der Waals surface area contributed by atoms with Crippen molar-refractivity contribution in [2.24, 2.45) is 0 Å². The van der Waals surface area contributed by atoms with Gasteiger partial charge in [-0.3, -0.25) is 4.79 Å². The first-order valence-corrected chi connectivity index (χ1v) is 9.61. The number of carbonyl (C=O) groups is 1. The van der Waals surface area contributed by atoms with Gasteiger partial charge in [0.25, 0.3) is 0 Å². The molecule has 0 aliphatic heterocycles. The van der Waals surface area contributed by atoms with Crippen LogP contribution in [0.3, 0.4) is 0 Å². The van der Waals surface area contributed by atoms with Gasteiger partial charge in [-0.25, -0.2) is 4.68 Å². The Labute approximate surface area is 164 Å². The molecule has 26 heavy (non-hydrogen) atoms. The number of anilines is 1. The van der Waals surface area contributed by atoms with Crippen LogP contribution >= 0.6 is 27.7 Å². The summed E-state index contributed by atoms with van der Waals surface area (Å²) < 4.78 is 2.29. The third-order valence-corrected chi connectivity index (χ3v) is 5.62. The first-order chi connectivity index (χ1) is 12.5. The van der Waals surface area contributed by atoms with E-state index in [9.17, 15) is 4.79 Å². The highest BCUT2D eigenvalue weighted by Gasteiger charge is 2.23. The van der Waals surface area contributed by atoms with E-state index in [4.69, 9.17) is 5.84 Å². The molecule has 3 rings (SSSR count). The smallest absolute Gasteiger partial charge is 0.240 e. The van der Waals surface area contributed by atoms with Crippen LogP contribution in [-0.2, 0) is 4.79 Å². The second-order valence-corrected chi connectivity index (χ2v) is 7.81. The number of nitrogen functional groups attached to an aromatic ring is 1.